The zero-order valence-electron chi connectivity index (χ0n) is 12.0. The molecule has 1 fully saturated rings. The van der Waals surface area contributed by atoms with Crippen molar-refractivity contribution in [3.63, 3.8) is 0 Å². The third-order valence-corrected chi connectivity index (χ3v) is 20.2. The minimum atomic E-state index is -2.50. The fourth-order valence-electron chi connectivity index (χ4n) is 3.79. The van der Waals surface area contributed by atoms with E-state index in [0.29, 0.717) is 0 Å². The topological polar surface area (TPSA) is 9.72 Å². The van der Waals surface area contributed by atoms with E-state index < -0.39 is 19.2 Å². The molecule has 96 valence electrons. The second-order valence-electron chi connectivity index (χ2n) is 5.71. The van der Waals surface area contributed by atoms with Gasteiger partial charge in [0.2, 0.25) is 0 Å². The van der Waals surface area contributed by atoms with Gasteiger partial charge in [0.25, 0.3) is 0 Å². The summed E-state index contributed by atoms with van der Waals surface area (Å²) in [6, 6.07) is 0. The van der Waals surface area contributed by atoms with Crippen LogP contribution in [0.1, 0.15) is 32.1 Å². The Morgan fingerprint density at radius 1 is 0.688 bits per heavy atom. The van der Waals surface area contributed by atoms with Crippen LogP contribution in [0.15, 0.2) is 0 Å². The molecule has 1 saturated carbocycles. The summed E-state index contributed by atoms with van der Waals surface area (Å²) in [5.41, 5.74) is 0. The summed E-state index contributed by atoms with van der Waals surface area (Å²) in [5, 5.41) is 0. The number of hydrogen-bond acceptors (Lipinski definition) is 3. The van der Waals surface area contributed by atoms with E-state index >= 15 is 0 Å². The molecule has 0 radical (unpaired) electrons. The summed E-state index contributed by atoms with van der Waals surface area (Å²) in [6.07, 6.45) is 7.24. The second kappa shape index (κ2) is 6.03. The molecular weight excluding hydrogens is 305 g/mol. The maximum atomic E-state index is 2.59. The molecule has 1 aliphatic rings. The molecule has 16 heavy (non-hydrogen) atoms. The van der Waals surface area contributed by atoms with Crippen LogP contribution in [0.3, 0.4) is 0 Å². The van der Waals surface area contributed by atoms with Gasteiger partial charge in [-0.15, -0.1) is 0 Å². The predicted octanol–water partition coefficient (Wildman–Crippen LogP) is 1.94. The molecule has 0 aromatic rings. The Morgan fingerprint density at radius 3 is 1.38 bits per heavy atom. The Kier molecular flexibility index (Phi) is 5.55. The monoisotopic (exact) mass is 335 g/mol. The van der Waals surface area contributed by atoms with Gasteiger partial charge in [-0.05, 0) is 0 Å². The van der Waals surface area contributed by atoms with Gasteiger partial charge in [-0.3, -0.25) is 0 Å². The van der Waals surface area contributed by atoms with Crippen LogP contribution in [0.5, 0.6) is 0 Å². The van der Waals surface area contributed by atoms with E-state index in [0.717, 1.165) is 3.93 Å². The first-order valence-corrected chi connectivity index (χ1v) is 11.9. The minimum absolute atomic E-state index is 0.961. The van der Waals surface area contributed by atoms with E-state index in [9.17, 15) is 0 Å². The molecule has 1 rings (SSSR count). The van der Waals surface area contributed by atoms with E-state index in [-0.39, 0.29) is 0 Å². The fraction of sp³-hybridized carbons (Fsp3) is 1.00. The first-order chi connectivity index (χ1) is 7.44. The van der Waals surface area contributed by atoms with E-state index in [1.807, 2.05) is 0 Å². The van der Waals surface area contributed by atoms with Crippen molar-refractivity contribution in [2.75, 3.05) is 42.3 Å². The van der Waals surface area contributed by atoms with Crippen molar-refractivity contribution < 1.29 is 0 Å². The third-order valence-electron chi connectivity index (χ3n) is 4.13. The molecule has 0 saturated heterocycles. The normalized spacial score (nSPS) is 20.1. The second-order valence-corrected chi connectivity index (χ2v) is 19.6. The maximum absolute atomic E-state index is 2.59. The average Bonchev–Trinajstić information content (AvgIpc) is 2.18. The molecule has 0 aromatic heterocycles. The molecule has 4 heteroatoms. The van der Waals surface area contributed by atoms with Crippen molar-refractivity contribution in [2.45, 2.75) is 36.0 Å². The fourth-order valence-corrected chi connectivity index (χ4v) is 20.3. The molecule has 0 spiro atoms. The summed E-state index contributed by atoms with van der Waals surface area (Å²) >= 11 is -2.50. The van der Waals surface area contributed by atoms with Gasteiger partial charge in [0, 0.05) is 0 Å². The van der Waals surface area contributed by atoms with Crippen LogP contribution in [-0.4, -0.2) is 70.8 Å². The van der Waals surface area contributed by atoms with E-state index in [4.69, 9.17) is 0 Å². The molecule has 0 aliphatic heterocycles. The van der Waals surface area contributed by atoms with Crippen LogP contribution in [0.4, 0.5) is 0 Å². The van der Waals surface area contributed by atoms with Gasteiger partial charge in [0.1, 0.15) is 0 Å². The Balaban J connectivity index is 2.99. The van der Waals surface area contributed by atoms with Crippen LogP contribution in [0, 0.1) is 0 Å². The molecule has 0 atom stereocenters. The van der Waals surface area contributed by atoms with Crippen LogP contribution < -0.4 is 0 Å². The SMILES string of the molecule is C[N](C)[Sn]([CH]1CCCCC1)([N](C)C)[N](C)C. The zero-order valence-corrected chi connectivity index (χ0v) is 14.8. The van der Waals surface area contributed by atoms with Gasteiger partial charge in [-0.1, -0.05) is 0 Å². The van der Waals surface area contributed by atoms with Crippen LogP contribution in [0.2, 0.25) is 3.93 Å². The summed E-state index contributed by atoms with van der Waals surface area (Å²) in [7, 11) is 13.8. The first kappa shape index (κ1) is 14.7. The Hall–Kier alpha value is 0.679. The average molecular weight is 334 g/mol. The van der Waals surface area contributed by atoms with Crippen LogP contribution in [-0.2, 0) is 0 Å². The summed E-state index contributed by atoms with van der Waals surface area (Å²) in [4.78, 5) is 0. The molecule has 0 unspecified atom stereocenters. The van der Waals surface area contributed by atoms with E-state index in [2.05, 4.69) is 51.7 Å². The van der Waals surface area contributed by atoms with Gasteiger partial charge in [-0.2, -0.15) is 0 Å². The van der Waals surface area contributed by atoms with Gasteiger partial charge < -0.3 is 0 Å². The molecule has 0 amide bonds. The Bertz CT molecular complexity index is 189. The van der Waals surface area contributed by atoms with Crippen molar-refractivity contribution in [3.05, 3.63) is 0 Å². The molecule has 0 N–H and O–H groups in total. The molecule has 3 nitrogen and oxygen atoms in total. The van der Waals surface area contributed by atoms with Gasteiger partial charge in [0.15, 0.2) is 0 Å². The Labute approximate surface area is 107 Å². The summed E-state index contributed by atoms with van der Waals surface area (Å²) in [6.45, 7) is 0. The van der Waals surface area contributed by atoms with Crippen LogP contribution in [0.25, 0.3) is 0 Å². The van der Waals surface area contributed by atoms with Gasteiger partial charge in [0.05, 0.1) is 0 Å². The van der Waals surface area contributed by atoms with Gasteiger partial charge in [-0.25, -0.2) is 0 Å². The summed E-state index contributed by atoms with van der Waals surface area (Å²) in [5.74, 6) is 0. The number of rotatable bonds is 4. The zero-order chi connectivity index (χ0) is 12.3. The molecule has 0 aromatic carbocycles. The van der Waals surface area contributed by atoms with Gasteiger partial charge >= 0.3 is 107 Å². The molecular formula is C12H29N3Sn. The Morgan fingerprint density at radius 2 is 1.06 bits per heavy atom. The predicted molar refractivity (Wildman–Crippen MR) is 73.7 cm³/mol. The van der Waals surface area contributed by atoms with Crippen molar-refractivity contribution >= 4 is 19.2 Å². The molecule has 0 heterocycles. The van der Waals surface area contributed by atoms with Crippen LogP contribution >= 0.6 is 0 Å². The van der Waals surface area contributed by atoms with E-state index in [1.165, 1.54) is 32.1 Å². The molecule has 0 bridgehead atoms. The molecule has 1 aliphatic carbocycles. The first-order valence-electron chi connectivity index (χ1n) is 6.46. The van der Waals surface area contributed by atoms with Crippen molar-refractivity contribution in [1.29, 1.82) is 0 Å². The number of nitrogens with zero attached hydrogens (tertiary/aromatic N) is 3. The van der Waals surface area contributed by atoms with Crippen molar-refractivity contribution in [1.82, 2.24) is 9.36 Å². The standard InChI is InChI=1S/C6H11.3C2H6N.Sn/c1-2-4-6-5-3-1;3*1-3-2;/h1H,2-6H2;3*1-2H3;/q;3*-1;+3. The van der Waals surface area contributed by atoms with Crippen molar-refractivity contribution in [3.8, 4) is 0 Å². The summed E-state index contributed by atoms with van der Waals surface area (Å²) < 4.78 is 8.73. The van der Waals surface area contributed by atoms with E-state index in [1.54, 1.807) is 0 Å². The van der Waals surface area contributed by atoms with Crippen molar-refractivity contribution in [2.24, 2.45) is 0 Å². The third kappa shape index (κ3) is 2.57. The quantitative estimate of drug-likeness (QED) is 0.728. The number of hydrogen-bond donors (Lipinski definition) is 0.